The number of hydrogen-bond donors (Lipinski definition) is 2. The molecule has 0 aliphatic rings. The Morgan fingerprint density at radius 1 is 1.17 bits per heavy atom. The lowest BCUT2D eigenvalue weighted by Gasteiger charge is -2.13. The minimum Gasteiger partial charge on any atom is -0.406 e. The normalized spacial score (nSPS) is 12.7. The number of halogens is 4. The number of rotatable bonds is 5. The first kappa shape index (κ1) is 17.0. The molecular formula is C11H16ClF3N2O. The average Bonchev–Trinajstić information content (AvgIpc) is 2.24. The molecule has 0 radical (unpaired) electrons. The van der Waals surface area contributed by atoms with Crippen molar-refractivity contribution in [3.8, 4) is 5.75 Å². The van der Waals surface area contributed by atoms with E-state index in [2.05, 4.69) is 4.74 Å². The molecule has 1 atom stereocenters. The lowest BCUT2D eigenvalue weighted by atomic mass is 10.0. The topological polar surface area (TPSA) is 61.3 Å². The van der Waals surface area contributed by atoms with Gasteiger partial charge in [0.15, 0.2) is 0 Å². The van der Waals surface area contributed by atoms with Gasteiger partial charge < -0.3 is 16.2 Å². The molecule has 1 rings (SSSR count). The standard InChI is InChI=1S/C11H15F3N2O.ClH/c12-11(13,14)17-9-5-3-8(4-6-9)10(16)2-1-7-15;/h3-6,10H,1-2,7,15-16H2;1H/t10-;/m1./s1. The van der Waals surface area contributed by atoms with E-state index >= 15 is 0 Å². The molecule has 104 valence electrons. The lowest BCUT2D eigenvalue weighted by Crippen LogP contribution is -2.17. The van der Waals surface area contributed by atoms with E-state index in [0.29, 0.717) is 13.0 Å². The van der Waals surface area contributed by atoms with Gasteiger partial charge in [0.05, 0.1) is 0 Å². The Morgan fingerprint density at radius 2 is 1.72 bits per heavy atom. The van der Waals surface area contributed by atoms with Crippen molar-refractivity contribution in [1.82, 2.24) is 0 Å². The van der Waals surface area contributed by atoms with Gasteiger partial charge in [0, 0.05) is 6.04 Å². The zero-order valence-electron chi connectivity index (χ0n) is 9.61. The van der Waals surface area contributed by atoms with E-state index in [1.807, 2.05) is 0 Å². The van der Waals surface area contributed by atoms with E-state index in [-0.39, 0.29) is 24.2 Å². The van der Waals surface area contributed by atoms with Gasteiger partial charge in [-0.3, -0.25) is 0 Å². The Labute approximate surface area is 110 Å². The lowest BCUT2D eigenvalue weighted by molar-refractivity contribution is -0.274. The van der Waals surface area contributed by atoms with Gasteiger partial charge in [0.1, 0.15) is 5.75 Å². The Kier molecular flexibility index (Phi) is 7.05. The number of nitrogens with two attached hydrogens (primary N) is 2. The van der Waals surface area contributed by atoms with E-state index in [1.54, 1.807) is 0 Å². The van der Waals surface area contributed by atoms with E-state index < -0.39 is 6.36 Å². The summed E-state index contributed by atoms with van der Waals surface area (Å²) in [5.74, 6) is -0.243. The predicted molar refractivity (Wildman–Crippen MR) is 65.6 cm³/mol. The van der Waals surface area contributed by atoms with Crippen molar-refractivity contribution in [3.05, 3.63) is 29.8 Å². The van der Waals surface area contributed by atoms with Crippen LogP contribution in [0.3, 0.4) is 0 Å². The summed E-state index contributed by atoms with van der Waals surface area (Å²) in [5.41, 5.74) is 12.0. The summed E-state index contributed by atoms with van der Waals surface area (Å²) in [5, 5.41) is 0. The third kappa shape index (κ3) is 6.09. The van der Waals surface area contributed by atoms with Gasteiger partial charge in [-0.25, -0.2) is 0 Å². The second kappa shape index (κ2) is 7.45. The van der Waals surface area contributed by atoms with Crippen LogP contribution < -0.4 is 16.2 Å². The third-order valence-electron chi connectivity index (χ3n) is 2.26. The summed E-state index contributed by atoms with van der Waals surface area (Å²) in [4.78, 5) is 0. The van der Waals surface area contributed by atoms with Gasteiger partial charge in [-0.05, 0) is 37.1 Å². The van der Waals surface area contributed by atoms with Crippen LogP contribution in [0.2, 0.25) is 0 Å². The first-order valence-electron chi connectivity index (χ1n) is 5.24. The minimum atomic E-state index is -4.66. The molecule has 0 saturated heterocycles. The third-order valence-corrected chi connectivity index (χ3v) is 2.26. The number of benzene rings is 1. The molecule has 0 unspecified atom stereocenters. The summed E-state index contributed by atoms with van der Waals surface area (Å²) in [6, 6.07) is 5.36. The van der Waals surface area contributed by atoms with Gasteiger partial charge in [-0.2, -0.15) is 0 Å². The van der Waals surface area contributed by atoms with Crippen molar-refractivity contribution in [2.75, 3.05) is 6.54 Å². The molecule has 0 heterocycles. The molecule has 0 fully saturated rings. The van der Waals surface area contributed by atoms with Crippen molar-refractivity contribution < 1.29 is 17.9 Å². The summed E-state index contributed by atoms with van der Waals surface area (Å²) < 4.78 is 39.5. The van der Waals surface area contributed by atoms with Gasteiger partial charge >= 0.3 is 6.36 Å². The Morgan fingerprint density at radius 3 is 2.17 bits per heavy atom. The molecule has 0 aliphatic heterocycles. The quantitative estimate of drug-likeness (QED) is 0.874. The molecule has 4 N–H and O–H groups in total. The van der Waals surface area contributed by atoms with Crippen LogP contribution in [0.5, 0.6) is 5.75 Å². The fourth-order valence-electron chi connectivity index (χ4n) is 1.42. The molecule has 1 aromatic carbocycles. The van der Waals surface area contributed by atoms with Crippen molar-refractivity contribution in [2.24, 2.45) is 11.5 Å². The average molecular weight is 285 g/mol. The first-order valence-corrected chi connectivity index (χ1v) is 5.24. The van der Waals surface area contributed by atoms with E-state index in [9.17, 15) is 13.2 Å². The van der Waals surface area contributed by atoms with Gasteiger partial charge in [0.25, 0.3) is 0 Å². The molecule has 18 heavy (non-hydrogen) atoms. The molecule has 0 aliphatic carbocycles. The predicted octanol–water partition coefficient (Wildman–Crippen LogP) is 2.75. The highest BCUT2D eigenvalue weighted by atomic mass is 35.5. The molecule has 0 spiro atoms. The van der Waals surface area contributed by atoms with E-state index in [1.165, 1.54) is 24.3 Å². The number of hydrogen-bond acceptors (Lipinski definition) is 3. The summed E-state index contributed by atoms with van der Waals surface area (Å²) in [7, 11) is 0. The van der Waals surface area contributed by atoms with Crippen LogP contribution in [-0.4, -0.2) is 12.9 Å². The number of ether oxygens (including phenoxy) is 1. The van der Waals surface area contributed by atoms with Crippen molar-refractivity contribution in [1.29, 1.82) is 0 Å². The molecule has 0 saturated carbocycles. The van der Waals surface area contributed by atoms with Crippen LogP contribution in [0.1, 0.15) is 24.4 Å². The maximum Gasteiger partial charge on any atom is 0.573 e. The largest absolute Gasteiger partial charge is 0.573 e. The van der Waals surface area contributed by atoms with Crippen LogP contribution in [-0.2, 0) is 0 Å². The first-order chi connectivity index (χ1) is 7.92. The fraction of sp³-hybridized carbons (Fsp3) is 0.455. The van der Waals surface area contributed by atoms with Crippen molar-refractivity contribution in [3.63, 3.8) is 0 Å². The smallest absolute Gasteiger partial charge is 0.406 e. The van der Waals surface area contributed by atoms with Crippen LogP contribution >= 0.6 is 12.4 Å². The Bertz CT molecular complexity index is 343. The van der Waals surface area contributed by atoms with Crippen molar-refractivity contribution in [2.45, 2.75) is 25.2 Å². The molecule has 7 heteroatoms. The van der Waals surface area contributed by atoms with Gasteiger partial charge in [-0.15, -0.1) is 25.6 Å². The fourth-order valence-corrected chi connectivity index (χ4v) is 1.42. The van der Waals surface area contributed by atoms with Crippen LogP contribution in [0.25, 0.3) is 0 Å². The van der Waals surface area contributed by atoms with Gasteiger partial charge in [-0.1, -0.05) is 12.1 Å². The molecule has 0 bridgehead atoms. The molecule has 3 nitrogen and oxygen atoms in total. The van der Waals surface area contributed by atoms with E-state index in [0.717, 1.165) is 12.0 Å². The molecule has 1 aromatic rings. The summed E-state index contributed by atoms with van der Waals surface area (Å²) in [6.45, 7) is 0.545. The van der Waals surface area contributed by atoms with Crippen LogP contribution in [0.4, 0.5) is 13.2 Å². The maximum atomic E-state index is 11.9. The highest BCUT2D eigenvalue weighted by Gasteiger charge is 2.30. The van der Waals surface area contributed by atoms with Crippen LogP contribution in [0, 0.1) is 0 Å². The van der Waals surface area contributed by atoms with Crippen LogP contribution in [0.15, 0.2) is 24.3 Å². The maximum absolute atomic E-state index is 11.9. The second-order valence-electron chi connectivity index (χ2n) is 3.65. The zero-order chi connectivity index (χ0) is 12.9. The highest BCUT2D eigenvalue weighted by Crippen LogP contribution is 2.24. The summed E-state index contributed by atoms with van der Waals surface area (Å²) in [6.07, 6.45) is -3.18. The Hall–Kier alpha value is -0.980. The molecule has 0 amide bonds. The van der Waals surface area contributed by atoms with Crippen molar-refractivity contribution >= 4 is 12.4 Å². The number of alkyl halides is 3. The molecule has 0 aromatic heterocycles. The monoisotopic (exact) mass is 284 g/mol. The Balaban J connectivity index is 0.00000289. The zero-order valence-corrected chi connectivity index (χ0v) is 10.4. The SMILES string of the molecule is Cl.NCCC[C@@H](N)c1ccc(OC(F)(F)F)cc1. The second-order valence-corrected chi connectivity index (χ2v) is 3.65. The minimum absolute atomic E-state index is 0. The molecular weight excluding hydrogens is 269 g/mol. The highest BCUT2D eigenvalue weighted by molar-refractivity contribution is 5.85. The summed E-state index contributed by atoms with van der Waals surface area (Å²) >= 11 is 0. The van der Waals surface area contributed by atoms with Gasteiger partial charge in [0.2, 0.25) is 0 Å². The van der Waals surface area contributed by atoms with E-state index in [4.69, 9.17) is 11.5 Å².